The molecule has 0 saturated heterocycles. The van der Waals surface area contributed by atoms with Crippen molar-refractivity contribution in [3.8, 4) is 0 Å². The van der Waals surface area contributed by atoms with Gasteiger partial charge in [-0.25, -0.2) is 4.39 Å². The third kappa shape index (κ3) is 4.42. The molecule has 0 aliphatic heterocycles. The molecule has 2 rings (SSSR count). The Labute approximate surface area is 119 Å². The van der Waals surface area contributed by atoms with Crippen LogP contribution in [-0.2, 0) is 19.9 Å². The second-order valence-corrected chi connectivity index (χ2v) is 5.10. The smallest absolute Gasteiger partial charge is 0.123 e. The maximum Gasteiger partial charge on any atom is 0.123 e. The summed E-state index contributed by atoms with van der Waals surface area (Å²) in [5, 5.41) is 11.5. The van der Waals surface area contributed by atoms with Crippen LogP contribution in [0, 0.1) is 11.7 Å². The molecule has 0 saturated carbocycles. The van der Waals surface area contributed by atoms with Crippen LogP contribution in [0.3, 0.4) is 0 Å². The van der Waals surface area contributed by atoms with Gasteiger partial charge in [0.25, 0.3) is 0 Å². The molecule has 1 atom stereocenters. The molecular formula is C15H21FN4. The normalized spacial score (nSPS) is 12.6. The molecule has 0 amide bonds. The number of nitrogens with one attached hydrogen (secondary N) is 1. The Morgan fingerprint density at radius 1 is 1.35 bits per heavy atom. The lowest BCUT2D eigenvalue weighted by Gasteiger charge is -2.16. The number of nitrogens with zero attached hydrogens (tertiary/aromatic N) is 3. The predicted molar refractivity (Wildman–Crippen MR) is 76.8 cm³/mol. The van der Waals surface area contributed by atoms with Crippen molar-refractivity contribution in [2.24, 2.45) is 13.0 Å². The van der Waals surface area contributed by atoms with Gasteiger partial charge >= 0.3 is 0 Å². The van der Waals surface area contributed by atoms with Gasteiger partial charge in [0.2, 0.25) is 0 Å². The molecule has 20 heavy (non-hydrogen) atoms. The highest BCUT2D eigenvalue weighted by molar-refractivity contribution is 5.17. The van der Waals surface area contributed by atoms with Crippen molar-refractivity contribution in [3.63, 3.8) is 0 Å². The largest absolute Gasteiger partial charge is 0.317 e. The number of rotatable bonds is 7. The van der Waals surface area contributed by atoms with Gasteiger partial charge < -0.3 is 5.32 Å². The number of hydrogen-bond acceptors (Lipinski definition) is 3. The number of halogens is 1. The predicted octanol–water partition coefficient (Wildman–Crippen LogP) is 1.97. The second kappa shape index (κ2) is 7.14. The quantitative estimate of drug-likeness (QED) is 0.840. The van der Waals surface area contributed by atoms with Crippen molar-refractivity contribution in [2.75, 3.05) is 13.1 Å². The monoisotopic (exact) mass is 276 g/mol. The van der Waals surface area contributed by atoms with Crippen molar-refractivity contribution < 1.29 is 4.39 Å². The SMILES string of the molecule is CCNCC(Cc1cccc(F)c1)Cc1cn(C)nn1. The van der Waals surface area contributed by atoms with Gasteiger partial charge in [0, 0.05) is 13.2 Å². The summed E-state index contributed by atoms with van der Waals surface area (Å²) in [7, 11) is 1.86. The Morgan fingerprint density at radius 2 is 2.20 bits per heavy atom. The zero-order valence-corrected chi connectivity index (χ0v) is 12.0. The third-order valence-electron chi connectivity index (χ3n) is 3.24. The van der Waals surface area contributed by atoms with E-state index in [1.165, 1.54) is 6.07 Å². The van der Waals surface area contributed by atoms with E-state index in [9.17, 15) is 4.39 Å². The summed E-state index contributed by atoms with van der Waals surface area (Å²) >= 11 is 0. The first-order valence-electron chi connectivity index (χ1n) is 6.97. The van der Waals surface area contributed by atoms with E-state index in [0.717, 1.165) is 37.2 Å². The molecule has 0 fully saturated rings. The summed E-state index contributed by atoms with van der Waals surface area (Å²) in [4.78, 5) is 0. The van der Waals surface area contributed by atoms with Gasteiger partial charge in [-0.3, -0.25) is 4.68 Å². The van der Waals surface area contributed by atoms with Crippen LogP contribution in [0.1, 0.15) is 18.2 Å². The highest BCUT2D eigenvalue weighted by atomic mass is 19.1. The Bertz CT molecular complexity index is 538. The minimum Gasteiger partial charge on any atom is -0.317 e. The number of benzene rings is 1. The van der Waals surface area contributed by atoms with Crippen molar-refractivity contribution >= 4 is 0 Å². The topological polar surface area (TPSA) is 42.7 Å². The van der Waals surface area contributed by atoms with Crippen molar-refractivity contribution in [1.29, 1.82) is 0 Å². The molecule has 1 aromatic carbocycles. The summed E-state index contributed by atoms with van der Waals surface area (Å²) < 4.78 is 15.0. The zero-order valence-electron chi connectivity index (χ0n) is 12.0. The Morgan fingerprint density at radius 3 is 2.85 bits per heavy atom. The first-order chi connectivity index (χ1) is 9.67. The molecule has 1 unspecified atom stereocenters. The van der Waals surface area contributed by atoms with Crippen molar-refractivity contribution in [2.45, 2.75) is 19.8 Å². The van der Waals surface area contributed by atoms with Crippen LogP contribution in [0.4, 0.5) is 4.39 Å². The summed E-state index contributed by atoms with van der Waals surface area (Å²) in [6.07, 6.45) is 3.61. The minimum absolute atomic E-state index is 0.177. The second-order valence-electron chi connectivity index (χ2n) is 5.10. The fourth-order valence-corrected chi connectivity index (χ4v) is 2.35. The van der Waals surface area contributed by atoms with Crippen LogP contribution in [0.25, 0.3) is 0 Å². The van der Waals surface area contributed by atoms with Crippen LogP contribution in [0.5, 0.6) is 0 Å². The van der Waals surface area contributed by atoms with Crippen LogP contribution >= 0.6 is 0 Å². The van der Waals surface area contributed by atoms with Gasteiger partial charge in [-0.05, 0) is 49.5 Å². The summed E-state index contributed by atoms with van der Waals surface area (Å²) in [6.45, 7) is 3.91. The highest BCUT2D eigenvalue weighted by Crippen LogP contribution is 2.14. The molecule has 5 heteroatoms. The molecular weight excluding hydrogens is 255 g/mol. The Kier molecular flexibility index (Phi) is 5.24. The van der Waals surface area contributed by atoms with Crippen molar-refractivity contribution in [1.82, 2.24) is 20.3 Å². The van der Waals surface area contributed by atoms with Gasteiger partial charge in [-0.1, -0.05) is 24.3 Å². The molecule has 108 valence electrons. The maximum absolute atomic E-state index is 13.3. The van der Waals surface area contributed by atoms with E-state index in [-0.39, 0.29) is 5.82 Å². The third-order valence-corrected chi connectivity index (χ3v) is 3.24. The Hall–Kier alpha value is -1.75. The summed E-state index contributed by atoms with van der Waals surface area (Å²) in [5.74, 6) is 0.206. The first-order valence-corrected chi connectivity index (χ1v) is 6.97. The standard InChI is InChI=1S/C15H21FN4/c1-3-17-10-13(9-15-11-20(2)19-18-15)7-12-5-4-6-14(16)8-12/h4-6,8,11,13,17H,3,7,9-10H2,1-2H3. The van der Waals surface area contributed by atoms with Gasteiger partial charge in [0.1, 0.15) is 5.82 Å². The molecule has 0 radical (unpaired) electrons. The number of hydrogen-bond donors (Lipinski definition) is 1. The average molecular weight is 276 g/mol. The van der Waals surface area contributed by atoms with Gasteiger partial charge in [-0.2, -0.15) is 0 Å². The van der Waals surface area contributed by atoms with E-state index < -0.39 is 0 Å². The molecule has 1 N–H and O–H groups in total. The van der Waals surface area contributed by atoms with Crippen LogP contribution < -0.4 is 5.32 Å². The highest BCUT2D eigenvalue weighted by Gasteiger charge is 2.13. The lowest BCUT2D eigenvalue weighted by atomic mass is 9.94. The Balaban J connectivity index is 2.02. The lowest BCUT2D eigenvalue weighted by molar-refractivity contribution is 0.472. The fourth-order valence-electron chi connectivity index (χ4n) is 2.35. The van der Waals surface area contributed by atoms with E-state index in [1.807, 2.05) is 19.3 Å². The van der Waals surface area contributed by atoms with Crippen LogP contribution in [-0.4, -0.2) is 28.1 Å². The van der Waals surface area contributed by atoms with E-state index in [1.54, 1.807) is 16.8 Å². The molecule has 0 aliphatic carbocycles. The molecule has 4 nitrogen and oxygen atoms in total. The number of aromatic nitrogens is 3. The van der Waals surface area contributed by atoms with E-state index in [0.29, 0.717) is 5.92 Å². The van der Waals surface area contributed by atoms with E-state index in [2.05, 4.69) is 22.6 Å². The van der Waals surface area contributed by atoms with Gasteiger partial charge in [0.05, 0.1) is 5.69 Å². The molecule has 0 aliphatic rings. The molecule has 1 aromatic heterocycles. The molecule has 0 spiro atoms. The summed E-state index contributed by atoms with van der Waals surface area (Å²) in [6, 6.07) is 6.82. The maximum atomic E-state index is 13.3. The molecule has 0 bridgehead atoms. The first kappa shape index (κ1) is 14.7. The molecule has 1 heterocycles. The average Bonchev–Trinajstić information content (AvgIpc) is 2.81. The molecule has 2 aromatic rings. The summed E-state index contributed by atoms with van der Waals surface area (Å²) in [5.41, 5.74) is 2.00. The van der Waals surface area contributed by atoms with Gasteiger partial charge in [-0.15, -0.1) is 5.10 Å². The fraction of sp³-hybridized carbons (Fsp3) is 0.467. The lowest BCUT2D eigenvalue weighted by Crippen LogP contribution is -2.25. The van der Waals surface area contributed by atoms with Gasteiger partial charge in [0.15, 0.2) is 0 Å². The zero-order chi connectivity index (χ0) is 14.4. The number of aryl methyl sites for hydroxylation is 1. The van der Waals surface area contributed by atoms with Crippen LogP contribution in [0.2, 0.25) is 0 Å². The van der Waals surface area contributed by atoms with E-state index >= 15 is 0 Å². The van der Waals surface area contributed by atoms with E-state index in [4.69, 9.17) is 0 Å². The minimum atomic E-state index is -0.177. The van der Waals surface area contributed by atoms with Crippen LogP contribution in [0.15, 0.2) is 30.5 Å². The van der Waals surface area contributed by atoms with Crippen molar-refractivity contribution in [3.05, 3.63) is 47.5 Å².